The molecule has 2 aromatic heterocycles. The van der Waals surface area contributed by atoms with E-state index in [9.17, 15) is 0 Å². The minimum atomic E-state index is 0.999. The maximum atomic E-state index is 6.38. The lowest BCUT2D eigenvalue weighted by atomic mass is 10.0. The molecule has 0 aliphatic carbocycles. The van der Waals surface area contributed by atoms with E-state index in [1.165, 1.54) is 51.0 Å². The summed E-state index contributed by atoms with van der Waals surface area (Å²) >= 11 is 0. The van der Waals surface area contributed by atoms with Gasteiger partial charge < -0.3 is 8.98 Å². The molecule has 0 saturated heterocycles. The van der Waals surface area contributed by atoms with Gasteiger partial charge in [-0.15, -0.1) is 0 Å². The molecule has 0 fully saturated rings. The van der Waals surface area contributed by atoms with Gasteiger partial charge in [0.1, 0.15) is 5.58 Å². The van der Waals surface area contributed by atoms with Crippen LogP contribution in [0.25, 0.3) is 43.7 Å². The Bertz CT molecular complexity index is 1240. The molecule has 2 nitrogen and oxygen atoms in total. The summed E-state index contributed by atoms with van der Waals surface area (Å²) in [6.07, 6.45) is 3.56. The fourth-order valence-corrected chi connectivity index (χ4v) is 4.07. The molecular formula is C23H21NO. The zero-order valence-electron chi connectivity index (χ0n) is 14.7. The van der Waals surface area contributed by atoms with Crippen LogP contribution in [0.3, 0.4) is 0 Å². The molecule has 0 bridgehead atoms. The maximum absolute atomic E-state index is 6.38. The molecule has 0 aliphatic heterocycles. The van der Waals surface area contributed by atoms with E-state index in [4.69, 9.17) is 4.42 Å². The summed E-state index contributed by atoms with van der Waals surface area (Å²) < 4.78 is 8.63. The van der Waals surface area contributed by atoms with Gasteiger partial charge in [-0.05, 0) is 36.6 Å². The fraction of sp³-hybridized carbons (Fsp3) is 0.217. The third-order valence-electron chi connectivity index (χ3n) is 5.39. The zero-order valence-corrected chi connectivity index (χ0v) is 14.7. The van der Waals surface area contributed by atoms with Gasteiger partial charge in [0.2, 0.25) is 0 Å². The van der Waals surface area contributed by atoms with Gasteiger partial charge in [-0.25, -0.2) is 0 Å². The molecular weight excluding hydrogens is 306 g/mol. The van der Waals surface area contributed by atoms with E-state index in [0.29, 0.717) is 0 Å². The molecule has 3 aromatic carbocycles. The number of furan rings is 1. The molecule has 0 unspecified atom stereocenters. The molecule has 0 atom stereocenters. The number of hydrogen-bond donors (Lipinski definition) is 0. The predicted octanol–water partition coefficient (Wildman–Crippen LogP) is 6.57. The maximum Gasteiger partial charge on any atom is 0.159 e. The molecule has 25 heavy (non-hydrogen) atoms. The van der Waals surface area contributed by atoms with Crippen molar-refractivity contribution in [3.63, 3.8) is 0 Å². The number of aromatic nitrogens is 1. The first-order chi connectivity index (χ1) is 12.3. The van der Waals surface area contributed by atoms with Crippen molar-refractivity contribution in [1.29, 1.82) is 0 Å². The van der Waals surface area contributed by atoms with E-state index >= 15 is 0 Å². The second-order valence-corrected chi connectivity index (χ2v) is 6.95. The fourth-order valence-electron chi connectivity index (χ4n) is 4.07. The summed E-state index contributed by atoms with van der Waals surface area (Å²) in [5.41, 5.74) is 5.79. The minimum absolute atomic E-state index is 0.999. The highest BCUT2D eigenvalue weighted by molar-refractivity contribution is 6.20. The van der Waals surface area contributed by atoms with Gasteiger partial charge in [-0.3, -0.25) is 0 Å². The summed E-state index contributed by atoms with van der Waals surface area (Å²) in [5.74, 6) is 0. The van der Waals surface area contributed by atoms with Crippen LogP contribution >= 0.6 is 0 Å². The first-order valence-electron chi connectivity index (χ1n) is 9.09. The number of nitrogens with zero attached hydrogens (tertiary/aromatic N) is 1. The largest absolute Gasteiger partial charge is 0.454 e. The van der Waals surface area contributed by atoms with Gasteiger partial charge in [0.05, 0.1) is 5.52 Å². The number of benzene rings is 3. The van der Waals surface area contributed by atoms with Crippen molar-refractivity contribution in [2.45, 2.75) is 26.2 Å². The van der Waals surface area contributed by atoms with Gasteiger partial charge in [0.25, 0.3) is 0 Å². The standard InChI is InChI=1S/C23H21NO/c1-3-4-7-15-10-11-17-19-13-12-18-16-8-5-6-9-20(16)24(2)22(18)23(19)25-21(17)14-15/h5-6,8-14H,3-4,7H2,1-2H3. The monoisotopic (exact) mass is 327 g/mol. The van der Waals surface area contributed by atoms with E-state index in [0.717, 1.165) is 17.6 Å². The van der Waals surface area contributed by atoms with Crippen molar-refractivity contribution in [2.24, 2.45) is 7.05 Å². The highest BCUT2D eigenvalue weighted by Gasteiger charge is 2.16. The molecule has 0 amide bonds. The minimum Gasteiger partial charge on any atom is -0.454 e. The molecule has 2 heterocycles. The van der Waals surface area contributed by atoms with Crippen LogP contribution in [0.15, 0.2) is 59.0 Å². The number of rotatable bonds is 3. The van der Waals surface area contributed by atoms with Gasteiger partial charge in [-0.1, -0.05) is 49.7 Å². The van der Waals surface area contributed by atoms with Crippen LogP contribution in [0.1, 0.15) is 25.3 Å². The van der Waals surface area contributed by atoms with E-state index in [1.807, 2.05) is 0 Å². The average molecular weight is 327 g/mol. The Morgan fingerprint density at radius 2 is 1.68 bits per heavy atom. The zero-order chi connectivity index (χ0) is 17.0. The first kappa shape index (κ1) is 14.6. The van der Waals surface area contributed by atoms with Crippen LogP contribution in [0, 0.1) is 0 Å². The van der Waals surface area contributed by atoms with E-state index in [2.05, 4.69) is 73.1 Å². The Morgan fingerprint density at radius 1 is 0.880 bits per heavy atom. The van der Waals surface area contributed by atoms with Crippen molar-refractivity contribution in [2.75, 3.05) is 0 Å². The Labute approximate surface area is 146 Å². The lowest BCUT2D eigenvalue weighted by Crippen LogP contribution is -1.86. The van der Waals surface area contributed by atoms with E-state index < -0.39 is 0 Å². The molecule has 2 heteroatoms. The molecule has 5 aromatic rings. The average Bonchev–Trinajstić information content (AvgIpc) is 3.15. The van der Waals surface area contributed by atoms with Gasteiger partial charge >= 0.3 is 0 Å². The van der Waals surface area contributed by atoms with Gasteiger partial charge in [0, 0.05) is 34.1 Å². The van der Waals surface area contributed by atoms with Crippen LogP contribution in [0.5, 0.6) is 0 Å². The Balaban J connectivity index is 1.86. The van der Waals surface area contributed by atoms with Crippen molar-refractivity contribution in [1.82, 2.24) is 4.57 Å². The molecule has 0 radical (unpaired) electrons. The summed E-state index contributed by atoms with van der Waals surface area (Å²) in [6, 6.07) is 19.7. The highest BCUT2D eigenvalue weighted by atomic mass is 16.3. The lowest BCUT2D eigenvalue weighted by Gasteiger charge is -1.98. The number of unbranched alkanes of at least 4 members (excludes halogenated alkanes) is 1. The normalized spacial score (nSPS) is 12.1. The summed E-state index contributed by atoms with van der Waals surface area (Å²) in [5, 5.41) is 4.96. The number of para-hydroxylation sites is 1. The number of aryl methyl sites for hydroxylation is 2. The van der Waals surface area contributed by atoms with Crippen molar-refractivity contribution < 1.29 is 4.42 Å². The number of fused-ring (bicyclic) bond motifs is 7. The van der Waals surface area contributed by atoms with Crippen molar-refractivity contribution in [3.8, 4) is 0 Å². The van der Waals surface area contributed by atoms with Crippen LogP contribution in [0.2, 0.25) is 0 Å². The molecule has 0 spiro atoms. The first-order valence-corrected chi connectivity index (χ1v) is 9.09. The molecule has 5 rings (SSSR count). The third kappa shape index (κ3) is 2.03. The Kier molecular flexibility index (Phi) is 3.14. The summed E-state index contributed by atoms with van der Waals surface area (Å²) in [7, 11) is 2.13. The van der Waals surface area contributed by atoms with Crippen LogP contribution in [-0.2, 0) is 13.5 Å². The molecule has 0 aliphatic rings. The molecule has 124 valence electrons. The predicted molar refractivity (Wildman–Crippen MR) is 106 cm³/mol. The second-order valence-electron chi connectivity index (χ2n) is 6.95. The van der Waals surface area contributed by atoms with E-state index in [1.54, 1.807) is 0 Å². The topological polar surface area (TPSA) is 18.1 Å². The highest BCUT2D eigenvalue weighted by Crippen LogP contribution is 2.38. The quantitative estimate of drug-likeness (QED) is 0.366. The molecule has 0 N–H and O–H groups in total. The number of hydrogen-bond acceptors (Lipinski definition) is 1. The summed E-state index contributed by atoms with van der Waals surface area (Å²) in [4.78, 5) is 0. The Morgan fingerprint density at radius 3 is 2.56 bits per heavy atom. The second kappa shape index (κ2) is 5.38. The SMILES string of the molecule is CCCCc1ccc2c(c1)oc1c2ccc2c3ccccc3n(C)c21. The summed E-state index contributed by atoms with van der Waals surface area (Å²) in [6.45, 7) is 2.23. The van der Waals surface area contributed by atoms with Gasteiger partial charge in [0.15, 0.2) is 5.58 Å². The lowest BCUT2D eigenvalue weighted by molar-refractivity contribution is 0.668. The van der Waals surface area contributed by atoms with Gasteiger partial charge in [-0.2, -0.15) is 0 Å². The van der Waals surface area contributed by atoms with Crippen molar-refractivity contribution in [3.05, 3.63) is 60.2 Å². The third-order valence-corrected chi connectivity index (χ3v) is 5.39. The Hall–Kier alpha value is -2.74. The van der Waals surface area contributed by atoms with Crippen molar-refractivity contribution >= 4 is 43.7 Å². The smallest absolute Gasteiger partial charge is 0.159 e. The van der Waals surface area contributed by atoms with E-state index in [-0.39, 0.29) is 0 Å². The molecule has 0 saturated carbocycles. The van der Waals surface area contributed by atoms with Crippen LogP contribution in [-0.4, -0.2) is 4.57 Å². The van der Waals surface area contributed by atoms with Crippen LogP contribution < -0.4 is 0 Å². The van der Waals surface area contributed by atoms with Crippen LogP contribution in [0.4, 0.5) is 0 Å².